The van der Waals surface area contributed by atoms with E-state index in [1.54, 1.807) is 0 Å². The molecule has 0 unspecified atom stereocenters. The Balaban J connectivity index is 2.17. The Morgan fingerprint density at radius 2 is 1.74 bits per heavy atom. The van der Waals surface area contributed by atoms with E-state index in [1.165, 1.54) is 12.7 Å². The minimum atomic E-state index is -0.393. The van der Waals surface area contributed by atoms with Crippen molar-refractivity contribution < 1.29 is 9.53 Å². The summed E-state index contributed by atoms with van der Waals surface area (Å²) in [7, 11) is 1.38. The van der Waals surface area contributed by atoms with Crippen LogP contribution in [-0.2, 0) is 4.74 Å². The van der Waals surface area contributed by atoms with Crippen molar-refractivity contribution in [1.29, 1.82) is 0 Å². The SMILES string of the molecule is COC(=O)c1c(Nc2ccc(C)cc2)nc2ccccc2c1C. The van der Waals surface area contributed by atoms with E-state index in [-0.39, 0.29) is 0 Å². The zero-order valence-electron chi connectivity index (χ0n) is 13.4. The average Bonchev–Trinajstić information content (AvgIpc) is 2.57. The summed E-state index contributed by atoms with van der Waals surface area (Å²) in [5.74, 6) is 0.118. The smallest absolute Gasteiger partial charge is 0.341 e. The third-order valence-electron chi connectivity index (χ3n) is 3.86. The van der Waals surface area contributed by atoms with Gasteiger partial charge in [0.2, 0.25) is 0 Å². The molecule has 2 aromatic carbocycles. The third-order valence-corrected chi connectivity index (χ3v) is 3.86. The van der Waals surface area contributed by atoms with Gasteiger partial charge in [-0.1, -0.05) is 35.9 Å². The van der Waals surface area contributed by atoms with Gasteiger partial charge in [-0.15, -0.1) is 0 Å². The van der Waals surface area contributed by atoms with Crippen LogP contribution in [0.15, 0.2) is 48.5 Å². The molecule has 3 aromatic rings. The van der Waals surface area contributed by atoms with Crippen LogP contribution < -0.4 is 5.32 Å². The van der Waals surface area contributed by atoms with E-state index in [0.717, 1.165) is 22.2 Å². The van der Waals surface area contributed by atoms with Gasteiger partial charge in [0.25, 0.3) is 0 Å². The Labute approximate surface area is 135 Å². The second kappa shape index (κ2) is 6.08. The first kappa shape index (κ1) is 15.0. The molecule has 1 aromatic heterocycles. The number of esters is 1. The van der Waals surface area contributed by atoms with Crippen LogP contribution in [0.5, 0.6) is 0 Å². The highest BCUT2D eigenvalue weighted by molar-refractivity contribution is 6.02. The molecule has 0 amide bonds. The number of nitrogens with zero attached hydrogens (tertiary/aromatic N) is 1. The van der Waals surface area contributed by atoms with Crippen LogP contribution in [0.3, 0.4) is 0 Å². The van der Waals surface area contributed by atoms with Gasteiger partial charge in [-0.05, 0) is 37.6 Å². The fourth-order valence-electron chi connectivity index (χ4n) is 2.59. The second-order valence-corrected chi connectivity index (χ2v) is 5.46. The highest BCUT2D eigenvalue weighted by atomic mass is 16.5. The van der Waals surface area contributed by atoms with Gasteiger partial charge in [0.15, 0.2) is 0 Å². The van der Waals surface area contributed by atoms with Crippen molar-refractivity contribution in [2.75, 3.05) is 12.4 Å². The summed E-state index contributed by atoms with van der Waals surface area (Å²) < 4.78 is 4.94. The molecule has 0 aliphatic rings. The number of rotatable bonds is 3. The maximum Gasteiger partial charge on any atom is 0.341 e. The molecule has 0 radical (unpaired) electrons. The van der Waals surface area contributed by atoms with E-state index in [4.69, 9.17) is 4.74 Å². The Bertz CT molecular complexity index is 870. The number of aryl methyl sites for hydroxylation is 2. The van der Waals surface area contributed by atoms with Gasteiger partial charge in [-0.3, -0.25) is 0 Å². The highest BCUT2D eigenvalue weighted by Crippen LogP contribution is 2.28. The van der Waals surface area contributed by atoms with E-state index < -0.39 is 5.97 Å². The summed E-state index contributed by atoms with van der Waals surface area (Å²) in [6.07, 6.45) is 0. The molecule has 116 valence electrons. The number of aromatic nitrogens is 1. The maximum absolute atomic E-state index is 12.2. The Kier molecular flexibility index (Phi) is 3.98. The van der Waals surface area contributed by atoms with Gasteiger partial charge in [0.1, 0.15) is 11.4 Å². The number of hydrogen-bond donors (Lipinski definition) is 1. The van der Waals surface area contributed by atoms with Crippen molar-refractivity contribution in [3.63, 3.8) is 0 Å². The van der Waals surface area contributed by atoms with Crippen molar-refractivity contribution in [2.24, 2.45) is 0 Å². The highest BCUT2D eigenvalue weighted by Gasteiger charge is 2.19. The fourth-order valence-corrected chi connectivity index (χ4v) is 2.59. The van der Waals surface area contributed by atoms with Crippen LogP contribution in [0, 0.1) is 13.8 Å². The first-order valence-electron chi connectivity index (χ1n) is 7.41. The standard InChI is InChI=1S/C19H18N2O2/c1-12-8-10-14(11-9-12)20-18-17(19(22)23-3)13(2)15-6-4-5-7-16(15)21-18/h4-11H,1-3H3,(H,20,21). The molecule has 0 atom stereocenters. The molecule has 0 spiro atoms. The van der Waals surface area contributed by atoms with Crippen LogP contribution >= 0.6 is 0 Å². The van der Waals surface area contributed by atoms with Crippen molar-refractivity contribution in [2.45, 2.75) is 13.8 Å². The predicted octanol–water partition coefficient (Wildman–Crippen LogP) is 4.38. The molecule has 0 aliphatic heterocycles. The number of benzene rings is 2. The van der Waals surface area contributed by atoms with E-state index >= 15 is 0 Å². The van der Waals surface area contributed by atoms with Crippen LogP contribution in [0.25, 0.3) is 10.9 Å². The first-order valence-corrected chi connectivity index (χ1v) is 7.41. The Morgan fingerprint density at radius 3 is 2.43 bits per heavy atom. The normalized spacial score (nSPS) is 10.6. The molecular formula is C19H18N2O2. The molecular weight excluding hydrogens is 288 g/mol. The average molecular weight is 306 g/mol. The minimum Gasteiger partial charge on any atom is -0.465 e. The van der Waals surface area contributed by atoms with E-state index in [9.17, 15) is 4.79 Å². The summed E-state index contributed by atoms with van der Waals surface area (Å²) in [6.45, 7) is 3.94. The maximum atomic E-state index is 12.2. The lowest BCUT2D eigenvalue weighted by Gasteiger charge is -2.14. The van der Waals surface area contributed by atoms with Crippen molar-refractivity contribution >= 4 is 28.4 Å². The third kappa shape index (κ3) is 2.88. The van der Waals surface area contributed by atoms with E-state index in [0.29, 0.717) is 11.4 Å². The Morgan fingerprint density at radius 1 is 1.04 bits per heavy atom. The molecule has 1 heterocycles. The second-order valence-electron chi connectivity index (χ2n) is 5.46. The lowest BCUT2D eigenvalue weighted by molar-refractivity contribution is 0.0601. The molecule has 1 N–H and O–H groups in total. The first-order chi connectivity index (χ1) is 11.1. The topological polar surface area (TPSA) is 51.2 Å². The van der Waals surface area contributed by atoms with Gasteiger partial charge in [0, 0.05) is 11.1 Å². The molecule has 0 aliphatic carbocycles. The number of fused-ring (bicyclic) bond motifs is 1. The molecule has 4 nitrogen and oxygen atoms in total. The van der Waals surface area contributed by atoms with Crippen molar-refractivity contribution in [3.05, 3.63) is 65.2 Å². The van der Waals surface area contributed by atoms with Crippen LogP contribution in [-0.4, -0.2) is 18.1 Å². The Hall–Kier alpha value is -2.88. The van der Waals surface area contributed by atoms with Gasteiger partial charge < -0.3 is 10.1 Å². The van der Waals surface area contributed by atoms with E-state index in [2.05, 4.69) is 10.3 Å². The molecule has 0 saturated heterocycles. The zero-order valence-corrected chi connectivity index (χ0v) is 13.4. The summed E-state index contributed by atoms with van der Waals surface area (Å²) in [5, 5.41) is 4.18. The number of ether oxygens (including phenoxy) is 1. The predicted molar refractivity (Wildman–Crippen MR) is 92.3 cm³/mol. The molecule has 0 fully saturated rings. The van der Waals surface area contributed by atoms with Gasteiger partial charge >= 0.3 is 5.97 Å². The quantitative estimate of drug-likeness (QED) is 0.729. The van der Waals surface area contributed by atoms with Gasteiger partial charge in [-0.2, -0.15) is 0 Å². The van der Waals surface area contributed by atoms with Gasteiger partial charge in [0.05, 0.1) is 12.6 Å². The number of para-hydroxylation sites is 1. The van der Waals surface area contributed by atoms with Crippen LogP contribution in [0.4, 0.5) is 11.5 Å². The summed E-state index contributed by atoms with van der Waals surface area (Å²) >= 11 is 0. The number of pyridine rings is 1. The number of carbonyl (C=O) groups is 1. The number of methoxy groups -OCH3 is 1. The monoisotopic (exact) mass is 306 g/mol. The molecule has 4 heteroatoms. The summed E-state index contributed by atoms with van der Waals surface area (Å²) in [6, 6.07) is 15.7. The zero-order chi connectivity index (χ0) is 16.4. The van der Waals surface area contributed by atoms with E-state index in [1.807, 2.05) is 62.4 Å². The molecule has 3 rings (SSSR count). The summed E-state index contributed by atoms with van der Waals surface area (Å²) in [5.41, 5.74) is 4.21. The number of nitrogens with one attached hydrogen (secondary N) is 1. The number of carbonyl (C=O) groups excluding carboxylic acids is 1. The molecule has 0 saturated carbocycles. The lowest BCUT2D eigenvalue weighted by atomic mass is 10.0. The van der Waals surface area contributed by atoms with Gasteiger partial charge in [-0.25, -0.2) is 9.78 Å². The number of hydrogen-bond acceptors (Lipinski definition) is 4. The molecule has 0 bridgehead atoms. The van der Waals surface area contributed by atoms with Crippen molar-refractivity contribution in [1.82, 2.24) is 4.98 Å². The molecule has 23 heavy (non-hydrogen) atoms. The van der Waals surface area contributed by atoms with Crippen LogP contribution in [0.1, 0.15) is 21.5 Å². The lowest BCUT2D eigenvalue weighted by Crippen LogP contribution is -2.10. The largest absolute Gasteiger partial charge is 0.465 e. The number of anilines is 2. The summed E-state index contributed by atoms with van der Waals surface area (Å²) in [4.78, 5) is 16.9. The van der Waals surface area contributed by atoms with Crippen LogP contribution in [0.2, 0.25) is 0 Å². The minimum absolute atomic E-state index is 0.393. The van der Waals surface area contributed by atoms with Crippen molar-refractivity contribution in [3.8, 4) is 0 Å². The fraction of sp³-hybridized carbons (Fsp3) is 0.158.